The van der Waals surface area contributed by atoms with Crippen LogP contribution in [0.3, 0.4) is 0 Å². The highest BCUT2D eigenvalue weighted by Crippen LogP contribution is 2.30. The van der Waals surface area contributed by atoms with E-state index >= 15 is 0 Å². The van der Waals surface area contributed by atoms with Crippen LogP contribution < -0.4 is 15.8 Å². The van der Waals surface area contributed by atoms with E-state index in [-0.39, 0.29) is 30.6 Å². The molecule has 3 rings (SSSR count). The van der Waals surface area contributed by atoms with Gasteiger partial charge in [-0.2, -0.15) is 0 Å². The maximum atomic E-state index is 12.6. The molecule has 0 spiro atoms. The van der Waals surface area contributed by atoms with E-state index in [2.05, 4.69) is 41.9 Å². The summed E-state index contributed by atoms with van der Waals surface area (Å²) < 4.78 is 27.0. The van der Waals surface area contributed by atoms with Gasteiger partial charge in [0, 0.05) is 46.5 Å². The number of likely N-dealkylation sites (tertiary alicyclic amines) is 1. The number of para-hydroxylation sites is 2. The smallest absolute Gasteiger partial charge is 0.229 e. The van der Waals surface area contributed by atoms with Crippen LogP contribution in [-0.2, 0) is 14.8 Å². The number of nitrogens with two attached hydrogens (primary N) is 1. The molecule has 4 N–H and O–H groups in total. The summed E-state index contributed by atoms with van der Waals surface area (Å²) in [5, 5.41) is 3.38. The number of Topliss-reactive ketones (excluding diaryl/α,β-unsaturated/α-hetero) is 1. The lowest BCUT2D eigenvalue weighted by molar-refractivity contribution is -0.132. The lowest BCUT2D eigenvalue weighted by atomic mass is 10.0. The molecule has 0 unspecified atom stereocenters. The van der Waals surface area contributed by atoms with Crippen LogP contribution in [0, 0.1) is 0 Å². The minimum absolute atomic E-state index is 0.0467. The highest BCUT2D eigenvalue weighted by atomic mass is 79.9. The van der Waals surface area contributed by atoms with Crippen molar-refractivity contribution < 1.29 is 18.0 Å². The van der Waals surface area contributed by atoms with E-state index in [1.807, 2.05) is 12.1 Å². The second-order valence-electron chi connectivity index (χ2n) is 8.00. The number of sulfonamides is 1. The first-order valence-corrected chi connectivity index (χ1v) is 13.9. The number of anilines is 3. The Hall–Kier alpha value is -2.11. The maximum Gasteiger partial charge on any atom is 0.229 e. The summed E-state index contributed by atoms with van der Waals surface area (Å²) in [6, 6.07) is 10.6. The number of amides is 1. The van der Waals surface area contributed by atoms with Crippen LogP contribution in [0.4, 0.5) is 17.1 Å². The summed E-state index contributed by atoms with van der Waals surface area (Å²) in [5.74, 6) is -0.161. The van der Waals surface area contributed by atoms with Crippen molar-refractivity contribution in [2.75, 3.05) is 35.1 Å². The highest BCUT2D eigenvalue weighted by Gasteiger charge is 2.24. The molecule has 11 heteroatoms. The van der Waals surface area contributed by atoms with Gasteiger partial charge in [0.15, 0.2) is 5.78 Å². The van der Waals surface area contributed by atoms with Gasteiger partial charge < -0.3 is 16.0 Å². The number of carbonyl (C=O) groups is 2. The van der Waals surface area contributed by atoms with Crippen molar-refractivity contribution in [3.63, 3.8) is 0 Å². The molecular weight excluding hydrogens is 576 g/mol. The fourth-order valence-electron chi connectivity index (χ4n) is 3.66. The normalized spacial score (nSPS) is 14.7. The van der Waals surface area contributed by atoms with Crippen molar-refractivity contribution in [3.8, 4) is 0 Å². The number of ketones is 1. The van der Waals surface area contributed by atoms with Gasteiger partial charge in [-0.3, -0.25) is 14.3 Å². The van der Waals surface area contributed by atoms with Crippen LogP contribution >= 0.6 is 31.9 Å². The Kier molecular flexibility index (Phi) is 8.41. The number of nitrogens with one attached hydrogen (secondary N) is 2. The third kappa shape index (κ3) is 7.18. The molecular formula is C22H26Br2N4O4S. The number of hydrogen-bond donors (Lipinski definition) is 3. The van der Waals surface area contributed by atoms with Crippen LogP contribution in [0.2, 0.25) is 0 Å². The lowest BCUT2D eigenvalue weighted by Gasteiger charge is -2.33. The largest absolute Gasteiger partial charge is 0.397 e. The van der Waals surface area contributed by atoms with Gasteiger partial charge in [0.2, 0.25) is 15.9 Å². The van der Waals surface area contributed by atoms with E-state index in [1.165, 1.54) is 0 Å². The second kappa shape index (κ2) is 10.9. The van der Waals surface area contributed by atoms with Crippen LogP contribution in [0.15, 0.2) is 45.3 Å². The van der Waals surface area contributed by atoms with E-state index in [0.29, 0.717) is 44.7 Å². The third-order valence-electron chi connectivity index (χ3n) is 5.40. The van der Waals surface area contributed by atoms with Crippen molar-refractivity contribution in [1.82, 2.24) is 4.90 Å². The van der Waals surface area contributed by atoms with E-state index in [9.17, 15) is 18.0 Å². The number of piperidine rings is 1. The molecule has 0 atom stereocenters. The molecule has 1 amide bonds. The zero-order valence-corrected chi connectivity index (χ0v) is 22.1. The first-order chi connectivity index (χ1) is 15.5. The van der Waals surface area contributed by atoms with Crippen molar-refractivity contribution in [1.29, 1.82) is 0 Å². The minimum atomic E-state index is -3.38. The molecule has 0 saturated carbocycles. The molecule has 0 aliphatic carbocycles. The quantitative estimate of drug-likeness (QED) is 0.307. The topological polar surface area (TPSA) is 122 Å². The van der Waals surface area contributed by atoms with E-state index in [0.717, 1.165) is 19.1 Å². The lowest BCUT2D eigenvalue weighted by Crippen LogP contribution is -2.42. The molecule has 178 valence electrons. The Morgan fingerprint density at radius 2 is 1.64 bits per heavy atom. The van der Waals surface area contributed by atoms with Crippen molar-refractivity contribution in [3.05, 3.63) is 50.9 Å². The van der Waals surface area contributed by atoms with Gasteiger partial charge in [-0.25, -0.2) is 8.42 Å². The molecule has 0 aromatic heterocycles. The average Bonchev–Trinajstić information content (AvgIpc) is 2.76. The SMILES string of the molecule is CS(=O)(=O)Nc1ccccc1NC1CCN(C(=O)CCC(=O)c2cc(Br)c(N)c(Br)c2)CC1. The molecule has 0 bridgehead atoms. The summed E-state index contributed by atoms with van der Waals surface area (Å²) in [7, 11) is -3.38. The zero-order valence-electron chi connectivity index (χ0n) is 18.1. The molecule has 1 aliphatic heterocycles. The molecule has 33 heavy (non-hydrogen) atoms. The van der Waals surface area contributed by atoms with E-state index in [4.69, 9.17) is 5.73 Å². The fourth-order valence-corrected chi connectivity index (χ4v) is 5.42. The number of carbonyl (C=O) groups excluding carboxylic acids is 2. The summed E-state index contributed by atoms with van der Waals surface area (Å²) in [5.41, 5.74) is 8.09. The number of rotatable bonds is 8. The van der Waals surface area contributed by atoms with E-state index in [1.54, 1.807) is 29.2 Å². The van der Waals surface area contributed by atoms with Gasteiger partial charge in [0.25, 0.3) is 0 Å². The Balaban J connectivity index is 1.50. The summed E-state index contributed by atoms with van der Waals surface area (Å²) in [6.07, 6.45) is 2.85. The Morgan fingerprint density at radius 3 is 2.21 bits per heavy atom. The van der Waals surface area contributed by atoms with Crippen LogP contribution in [0.1, 0.15) is 36.0 Å². The standard InChI is InChI=1S/C22H26Br2N4O4S/c1-33(31,32)27-19-5-3-2-4-18(19)26-15-8-10-28(11-9-15)21(30)7-6-20(29)14-12-16(23)22(25)17(24)13-14/h2-5,12-13,15,26-27H,6-11,25H2,1H3. The number of hydrogen-bond acceptors (Lipinski definition) is 6. The van der Waals surface area contributed by atoms with Gasteiger partial charge >= 0.3 is 0 Å². The van der Waals surface area contributed by atoms with Gasteiger partial charge in [0.05, 0.1) is 23.3 Å². The molecule has 8 nitrogen and oxygen atoms in total. The first-order valence-electron chi connectivity index (χ1n) is 10.4. The molecule has 1 fully saturated rings. The number of halogens is 2. The minimum Gasteiger partial charge on any atom is -0.397 e. The predicted octanol–water partition coefficient (Wildman–Crippen LogP) is 4.23. The molecule has 1 aliphatic rings. The Labute approximate surface area is 210 Å². The van der Waals surface area contributed by atoms with Gasteiger partial charge in [-0.05, 0) is 69.0 Å². The molecule has 1 saturated heterocycles. The highest BCUT2D eigenvalue weighted by molar-refractivity contribution is 9.11. The fraction of sp³-hybridized carbons (Fsp3) is 0.364. The summed E-state index contributed by atoms with van der Waals surface area (Å²) in [6.45, 7) is 1.15. The predicted molar refractivity (Wildman–Crippen MR) is 138 cm³/mol. The zero-order chi connectivity index (χ0) is 24.2. The third-order valence-corrected chi connectivity index (χ3v) is 7.30. The summed E-state index contributed by atoms with van der Waals surface area (Å²) >= 11 is 6.67. The van der Waals surface area contributed by atoms with Crippen LogP contribution in [0.5, 0.6) is 0 Å². The van der Waals surface area contributed by atoms with Gasteiger partial charge in [-0.1, -0.05) is 12.1 Å². The van der Waals surface area contributed by atoms with Gasteiger partial charge in [-0.15, -0.1) is 0 Å². The maximum absolute atomic E-state index is 12.6. The number of benzene rings is 2. The van der Waals surface area contributed by atoms with Crippen molar-refractivity contribution >= 4 is 70.6 Å². The molecule has 1 heterocycles. The molecule has 2 aromatic carbocycles. The number of nitrogen functional groups attached to an aromatic ring is 1. The van der Waals surface area contributed by atoms with Crippen molar-refractivity contribution in [2.45, 2.75) is 31.7 Å². The second-order valence-corrected chi connectivity index (χ2v) is 11.5. The van der Waals surface area contributed by atoms with Gasteiger partial charge in [0.1, 0.15) is 0 Å². The van der Waals surface area contributed by atoms with Crippen LogP contribution in [-0.4, -0.2) is 50.4 Å². The first kappa shape index (κ1) is 25.5. The van der Waals surface area contributed by atoms with E-state index < -0.39 is 10.0 Å². The Bertz CT molecular complexity index is 1130. The monoisotopic (exact) mass is 600 g/mol. The number of nitrogens with zero attached hydrogens (tertiary/aromatic N) is 1. The average molecular weight is 602 g/mol. The molecule has 0 radical (unpaired) electrons. The Morgan fingerprint density at radius 1 is 1.06 bits per heavy atom. The summed E-state index contributed by atoms with van der Waals surface area (Å²) in [4.78, 5) is 26.9. The molecule has 2 aromatic rings. The van der Waals surface area contributed by atoms with Crippen molar-refractivity contribution in [2.24, 2.45) is 0 Å². The van der Waals surface area contributed by atoms with Crippen LogP contribution in [0.25, 0.3) is 0 Å².